The number of nitrogens with zero attached hydrogens (tertiary/aromatic N) is 3. The Bertz CT molecular complexity index is 575. The summed E-state index contributed by atoms with van der Waals surface area (Å²) in [6, 6.07) is 5.35. The highest BCUT2D eigenvalue weighted by Crippen LogP contribution is 2.24. The molecule has 0 atom stereocenters. The number of ketones is 1. The minimum absolute atomic E-state index is 0.196. The van der Waals surface area contributed by atoms with Gasteiger partial charge in [0.15, 0.2) is 4.60 Å². The minimum Gasteiger partial charge on any atom is -0.287 e. The fraction of sp³-hybridized carbons (Fsp3) is 0.182. The smallest absolute Gasteiger partial charge is 0.215 e. The monoisotopic (exact) mass is 313 g/mol. The molecular formula is C11H9BrClN3O. The Balaban J connectivity index is 2.55. The van der Waals surface area contributed by atoms with Crippen molar-refractivity contribution >= 4 is 33.3 Å². The Morgan fingerprint density at radius 2 is 2.18 bits per heavy atom. The van der Waals surface area contributed by atoms with E-state index in [1.54, 1.807) is 19.2 Å². The molecule has 6 heteroatoms. The molecule has 0 bridgehead atoms. The summed E-state index contributed by atoms with van der Waals surface area (Å²) in [6.07, 6.45) is 0. The summed E-state index contributed by atoms with van der Waals surface area (Å²) in [5.74, 6) is -0.196. The molecule has 0 aliphatic heterocycles. The van der Waals surface area contributed by atoms with E-state index in [1.165, 1.54) is 4.68 Å². The standard InChI is InChI=1S/C11H9BrClN3O/c1-6-4-3-5-7(8(6)13)10(17)9-11(12)14-15-16(9)2/h3-5H,1-2H3. The molecule has 0 aliphatic rings. The van der Waals surface area contributed by atoms with Gasteiger partial charge in [-0.2, -0.15) is 0 Å². The van der Waals surface area contributed by atoms with Gasteiger partial charge in [0, 0.05) is 12.6 Å². The number of hydrogen-bond donors (Lipinski definition) is 0. The molecule has 1 aromatic carbocycles. The van der Waals surface area contributed by atoms with Crippen molar-refractivity contribution < 1.29 is 4.79 Å². The quantitative estimate of drug-likeness (QED) is 0.801. The lowest BCUT2D eigenvalue weighted by atomic mass is 10.1. The van der Waals surface area contributed by atoms with Crippen molar-refractivity contribution in [2.45, 2.75) is 6.92 Å². The largest absolute Gasteiger partial charge is 0.287 e. The van der Waals surface area contributed by atoms with Gasteiger partial charge in [0.2, 0.25) is 5.78 Å². The van der Waals surface area contributed by atoms with Crippen LogP contribution in [0.15, 0.2) is 22.8 Å². The van der Waals surface area contributed by atoms with Gasteiger partial charge in [-0.1, -0.05) is 28.9 Å². The first-order chi connectivity index (χ1) is 8.02. The second-order valence-corrected chi connectivity index (χ2v) is 4.75. The lowest BCUT2D eigenvalue weighted by Gasteiger charge is -2.05. The van der Waals surface area contributed by atoms with Crippen LogP contribution in [0.5, 0.6) is 0 Å². The summed E-state index contributed by atoms with van der Waals surface area (Å²) < 4.78 is 1.84. The van der Waals surface area contributed by atoms with Crippen molar-refractivity contribution in [2.24, 2.45) is 7.05 Å². The van der Waals surface area contributed by atoms with Gasteiger partial charge in [0.1, 0.15) is 5.69 Å². The first kappa shape index (κ1) is 12.3. The van der Waals surface area contributed by atoms with Gasteiger partial charge in [-0.3, -0.25) is 4.79 Å². The molecule has 0 radical (unpaired) electrons. The molecule has 88 valence electrons. The summed E-state index contributed by atoms with van der Waals surface area (Å²) >= 11 is 9.32. The van der Waals surface area contributed by atoms with Crippen LogP contribution in [0.2, 0.25) is 5.02 Å². The first-order valence-corrected chi connectivity index (χ1v) is 6.04. The number of carbonyl (C=O) groups excluding carboxylic acids is 1. The summed E-state index contributed by atoms with van der Waals surface area (Å²) in [4.78, 5) is 12.3. The Morgan fingerprint density at radius 3 is 2.76 bits per heavy atom. The van der Waals surface area contributed by atoms with Crippen LogP contribution < -0.4 is 0 Å². The summed E-state index contributed by atoms with van der Waals surface area (Å²) in [5.41, 5.74) is 1.71. The number of aryl methyl sites for hydroxylation is 2. The van der Waals surface area contributed by atoms with E-state index in [-0.39, 0.29) is 5.78 Å². The molecule has 0 spiro atoms. The van der Waals surface area contributed by atoms with Gasteiger partial charge in [0.05, 0.1) is 5.02 Å². The van der Waals surface area contributed by atoms with Crippen molar-refractivity contribution in [1.82, 2.24) is 15.0 Å². The van der Waals surface area contributed by atoms with Crippen molar-refractivity contribution in [3.05, 3.63) is 44.6 Å². The molecule has 0 saturated heterocycles. The maximum Gasteiger partial charge on any atom is 0.215 e. The molecule has 1 aromatic heterocycles. The lowest BCUT2D eigenvalue weighted by Crippen LogP contribution is -2.09. The molecule has 0 amide bonds. The van der Waals surface area contributed by atoms with Gasteiger partial charge in [-0.15, -0.1) is 5.10 Å². The van der Waals surface area contributed by atoms with Crippen LogP contribution in [-0.2, 0) is 7.05 Å². The molecule has 2 rings (SSSR count). The maximum absolute atomic E-state index is 12.3. The third-order valence-electron chi connectivity index (χ3n) is 2.44. The van der Waals surface area contributed by atoms with Crippen LogP contribution in [0.1, 0.15) is 21.6 Å². The Labute approximate surface area is 112 Å². The highest BCUT2D eigenvalue weighted by Gasteiger charge is 2.21. The average Bonchev–Trinajstić information content (AvgIpc) is 2.62. The van der Waals surface area contributed by atoms with E-state index in [2.05, 4.69) is 26.2 Å². The topological polar surface area (TPSA) is 47.8 Å². The van der Waals surface area contributed by atoms with Crippen molar-refractivity contribution in [2.75, 3.05) is 0 Å². The van der Waals surface area contributed by atoms with Crippen LogP contribution >= 0.6 is 27.5 Å². The summed E-state index contributed by atoms with van der Waals surface area (Å²) in [6.45, 7) is 1.86. The van der Waals surface area contributed by atoms with Gasteiger partial charge in [0.25, 0.3) is 0 Å². The molecular weight excluding hydrogens is 305 g/mol. The molecule has 4 nitrogen and oxygen atoms in total. The normalized spacial score (nSPS) is 10.6. The fourth-order valence-electron chi connectivity index (χ4n) is 1.52. The van der Waals surface area contributed by atoms with Gasteiger partial charge in [-0.25, -0.2) is 4.68 Å². The summed E-state index contributed by atoms with van der Waals surface area (Å²) in [7, 11) is 1.66. The number of hydrogen-bond acceptors (Lipinski definition) is 3. The molecule has 0 N–H and O–H groups in total. The predicted molar refractivity (Wildman–Crippen MR) is 68.3 cm³/mol. The average molecular weight is 315 g/mol. The molecule has 0 fully saturated rings. The highest BCUT2D eigenvalue weighted by molar-refractivity contribution is 9.10. The van der Waals surface area contributed by atoms with Crippen LogP contribution in [0.25, 0.3) is 0 Å². The van der Waals surface area contributed by atoms with E-state index in [0.717, 1.165) is 5.56 Å². The van der Waals surface area contributed by atoms with E-state index in [9.17, 15) is 4.79 Å². The van der Waals surface area contributed by atoms with Crippen molar-refractivity contribution in [3.8, 4) is 0 Å². The molecule has 0 aliphatic carbocycles. The molecule has 17 heavy (non-hydrogen) atoms. The zero-order valence-electron chi connectivity index (χ0n) is 9.24. The van der Waals surface area contributed by atoms with Crippen LogP contribution in [0.4, 0.5) is 0 Å². The van der Waals surface area contributed by atoms with Crippen LogP contribution in [0.3, 0.4) is 0 Å². The zero-order valence-corrected chi connectivity index (χ0v) is 11.6. The minimum atomic E-state index is -0.196. The van der Waals surface area contributed by atoms with Gasteiger partial charge < -0.3 is 0 Å². The van der Waals surface area contributed by atoms with E-state index >= 15 is 0 Å². The number of carbonyl (C=O) groups is 1. The number of aromatic nitrogens is 3. The van der Waals surface area contributed by atoms with E-state index in [1.807, 2.05) is 13.0 Å². The Kier molecular flexibility index (Phi) is 3.31. The Morgan fingerprint density at radius 1 is 1.47 bits per heavy atom. The first-order valence-electron chi connectivity index (χ1n) is 4.87. The van der Waals surface area contributed by atoms with Gasteiger partial charge >= 0.3 is 0 Å². The second kappa shape index (κ2) is 4.58. The number of rotatable bonds is 2. The van der Waals surface area contributed by atoms with Crippen molar-refractivity contribution in [1.29, 1.82) is 0 Å². The van der Waals surface area contributed by atoms with Crippen molar-refractivity contribution in [3.63, 3.8) is 0 Å². The lowest BCUT2D eigenvalue weighted by molar-refractivity contribution is 0.102. The number of benzene rings is 1. The molecule has 1 heterocycles. The fourth-order valence-corrected chi connectivity index (χ4v) is 2.24. The summed E-state index contributed by atoms with van der Waals surface area (Å²) in [5, 5.41) is 8.01. The second-order valence-electron chi connectivity index (χ2n) is 3.62. The van der Waals surface area contributed by atoms with E-state index < -0.39 is 0 Å². The third-order valence-corrected chi connectivity index (χ3v) is 3.47. The number of halogens is 2. The van der Waals surface area contributed by atoms with E-state index in [4.69, 9.17) is 11.6 Å². The maximum atomic E-state index is 12.3. The third kappa shape index (κ3) is 2.12. The van der Waals surface area contributed by atoms with Crippen LogP contribution in [0, 0.1) is 6.92 Å². The SMILES string of the molecule is Cc1cccc(C(=O)c2c(Br)nnn2C)c1Cl. The molecule has 0 saturated carbocycles. The highest BCUT2D eigenvalue weighted by atomic mass is 79.9. The van der Waals surface area contributed by atoms with E-state index in [0.29, 0.717) is 20.9 Å². The molecule has 2 aromatic rings. The Hall–Kier alpha value is -1.20. The predicted octanol–water partition coefficient (Wildman–Crippen LogP) is 2.77. The molecule has 0 unspecified atom stereocenters. The van der Waals surface area contributed by atoms with Gasteiger partial charge in [-0.05, 0) is 34.5 Å². The van der Waals surface area contributed by atoms with Crippen LogP contribution in [-0.4, -0.2) is 20.8 Å². The zero-order chi connectivity index (χ0) is 12.6.